The van der Waals surface area contributed by atoms with E-state index in [1.807, 2.05) is 92.7 Å². The van der Waals surface area contributed by atoms with Crippen molar-refractivity contribution in [1.82, 2.24) is 9.47 Å². The lowest BCUT2D eigenvalue weighted by atomic mass is 10.1. The van der Waals surface area contributed by atoms with Gasteiger partial charge in [0.25, 0.3) is 11.1 Å². The molecule has 0 N–H and O–H groups in total. The first kappa shape index (κ1) is 26.9. The number of halogens is 1. The third kappa shape index (κ3) is 6.13. The molecule has 7 heteroatoms. The number of nitrogens with zero attached hydrogens (tertiary/aromatic N) is 2. The van der Waals surface area contributed by atoms with Crippen molar-refractivity contribution < 1.29 is 14.3 Å². The van der Waals surface area contributed by atoms with E-state index in [0.29, 0.717) is 23.1 Å². The van der Waals surface area contributed by atoms with Gasteiger partial charge in [-0.25, -0.2) is 0 Å². The van der Waals surface area contributed by atoms with Gasteiger partial charge in [-0.3, -0.25) is 14.5 Å². The fourth-order valence-corrected chi connectivity index (χ4v) is 5.77. The topological polar surface area (TPSA) is 51.5 Å². The van der Waals surface area contributed by atoms with Crippen LogP contribution in [-0.4, -0.2) is 27.2 Å². The Hall–Kier alpha value is -3.74. The highest BCUT2D eigenvalue weighted by Gasteiger charge is 2.34. The molecule has 1 fully saturated rings. The molecule has 2 amide bonds. The van der Waals surface area contributed by atoms with Gasteiger partial charge in [0.2, 0.25) is 0 Å². The molecule has 0 atom stereocenters. The number of carbonyl (C=O) groups excluding carboxylic acids is 2. The van der Waals surface area contributed by atoms with Crippen LogP contribution in [0, 0.1) is 13.8 Å². The quantitative estimate of drug-likeness (QED) is 0.196. The molecule has 3 aromatic carbocycles. The average Bonchev–Trinajstić information content (AvgIpc) is 3.37. The van der Waals surface area contributed by atoms with E-state index in [9.17, 15) is 9.59 Å². The lowest BCUT2D eigenvalue weighted by Crippen LogP contribution is -2.29. The summed E-state index contributed by atoms with van der Waals surface area (Å²) in [7, 11) is 0. The van der Waals surface area contributed by atoms with Gasteiger partial charge in [-0.05, 0) is 92.1 Å². The average molecular weight is 557 g/mol. The van der Waals surface area contributed by atoms with Crippen LogP contribution in [0.3, 0.4) is 0 Å². The van der Waals surface area contributed by atoms with Crippen molar-refractivity contribution in [2.75, 3.05) is 6.54 Å². The van der Waals surface area contributed by atoms with Crippen molar-refractivity contribution in [3.8, 4) is 11.4 Å². The highest BCUT2D eigenvalue weighted by molar-refractivity contribution is 8.18. The number of amides is 2. The predicted molar refractivity (Wildman–Crippen MR) is 158 cm³/mol. The second-order valence-corrected chi connectivity index (χ2v) is 10.9. The van der Waals surface area contributed by atoms with E-state index in [-0.39, 0.29) is 11.1 Å². The smallest absolute Gasteiger partial charge is 0.293 e. The van der Waals surface area contributed by atoms with E-state index >= 15 is 0 Å². The molecule has 0 saturated carbocycles. The summed E-state index contributed by atoms with van der Waals surface area (Å²) in [6.45, 7) is 4.86. The van der Waals surface area contributed by atoms with Gasteiger partial charge >= 0.3 is 0 Å². The monoisotopic (exact) mass is 556 g/mol. The number of carbonyl (C=O) groups is 2. The number of benzene rings is 3. The largest absolute Gasteiger partial charge is 0.489 e. The van der Waals surface area contributed by atoms with Crippen LogP contribution in [0.1, 0.15) is 34.5 Å². The number of aryl methyl sites for hydroxylation is 2. The molecule has 0 aliphatic carbocycles. The number of rotatable bonds is 9. The van der Waals surface area contributed by atoms with Gasteiger partial charge in [0.15, 0.2) is 0 Å². The van der Waals surface area contributed by atoms with Gasteiger partial charge in [-0.1, -0.05) is 60.1 Å². The Labute approximate surface area is 238 Å². The number of hydrogen-bond donors (Lipinski definition) is 0. The summed E-state index contributed by atoms with van der Waals surface area (Å²) in [5.41, 5.74) is 6.07. The van der Waals surface area contributed by atoms with Crippen LogP contribution in [0.4, 0.5) is 4.79 Å². The van der Waals surface area contributed by atoms with Crippen LogP contribution >= 0.6 is 23.4 Å². The van der Waals surface area contributed by atoms with Crippen molar-refractivity contribution in [2.24, 2.45) is 0 Å². The third-order valence-electron chi connectivity index (χ3n) is 6.77. The summed E-state index contributed by atoms with van der Waals surface area (Å²) in [4.78, 5) is 27.5. The zero-order valence-corrected chi connectivity index (χ0v) is 23.5. The molecular formula is C32H29ClN2O3S. The number of thioether (sulfide) groups is 1. The van der Waals surface area contributed by atoms with Crippen LogP contribution in [0.2, 0.25) is 5.02 Å². The highest BCUT2D eigenvalue weighted by atomic mass is 35.5. The first-order chi connectivity index (χ1) is 18.9. The summed E-state index contributed by atoms with van der Waals surface area (Å²) in [5.74, 6) is 0.533. The van der Waals surface area contributed by atoms with E-state index in [2.05, 4.69) is 16.7 Å². The van der Waals surface area contributed by atoms with Crippen LogP contribution in [0.5, 0.6) is 5.75 Å². The van der Waals surface area contributed by atoms with Gasteiger partial charge < -0.3 is 9.30 Å². The molecule has 198 valence electrons. The SMILES string of the molecule is Cc1cc(/C=C2/SC(=O)N(CCCc3ccccc3)C2=O)c(C)n1-c1ccc(OCc2ccccc2Cl)cc1. The minimum atomic E-state index is -0.220. The summed E-state index contributed by atoms with van der Waals surface area (Å²) in [6.07, 6.45) is 3.40. The molecule has 0 spiro atoms. The van der Waals surface area contributed by atoms with Gasteiger partial charge in [0.1, 0.15) is 12.4 Å². The van der Waals surface area contributed by atoms with Crippen LogP contribution < -0.4 is 4.74 Å². The number of ether oxygens (including phenoxy) is 1. The molecule has 39 heavy (non-hydrogen) atoms. The maximum atomic E-state index is 13.0. The Morgan fingerprint density at radius 3 is 2.38 bits per heavy atom. The van der Waals surface area contributed by atoms with Gasteiger partial charge in [-0.15, -0.1) is 0 Å². The van der Waals surface area contributed by atoms with Crippen LogP contribution in [0.15, 0.2) is 89.8 Å². The normalized spacial score (nSPS) is 14.4. The Balaban J connectivity index is 1.26. The Kier molecular flexibility index (Phi) is 8.24. The van der Waals surface area contributed by atoms with Crippen molar-refractivity contribution in [2.45, 2.75) is 33.3 Å². The lowest BCUT2D eigenvalue weighted by Gasteiger charge is -2.12. The maximum absolute atomic E-state index is 13.0. The Bertz CT molecular complexity index is 1530. The minimum Gasteiger partial charge on any atom is -0.489 e. The second kappa shape index (κ2) is 12.0. The minimum absolute atomic E-state index is 0.208. The van der Waals surface area contributed by atoms with Crippen molar-refractivity contribution in [3.63, 3.8) is 0 Å². The van der Waals surface area contributed by atoms with Crippen LogP contribution in [0.25, 0.3) is 11.8 Å². The maximum Gasteiger partial charge on any atom is 0.293 e. The van der Waals surface area contributed by atoms with Gasteiger partial charge in [0, 0.05) is 34.2 Å². The Morgan fingerprint density at radius 1 is 0.923 bits per heavy atom. The standard InChI is InChI=1S/C32H29ClN2O3S/c1-22-19-26(20-30-31(36)34(32(37)39-30)18-8-11-24-9-4-3-5-10-24)23(2)35(22)27-14-16-28(17-15-27)38-21-25-12-6-7-13-29(25)33/h3-7,9-10,12-17,19-20H,8,11,18,21H2,1-2H3/b30-20+. The Morgan fingerprint density at radius 2 is 1.64 bits per heavy atom. The first-order valence-corrected chi connectivity index (χ1v) is 14.0. The van der Waals surface area contributed by atoms with E-state index in [4.69, 9.17) is 16.3 Å². The van der Waals surface area contributed by atoms with Crippen LogP contribution in [-0.2, 0) is 17.8 Å². The van der Waals surface area contributed by atoms with E-state index < -0.39 is 0 Å². The predicted octanol–water partition coefficient (Wildman–Crippen LogP) is 8.00. The number of aromatic nitrogens is 1. The molecule has 2 heterocycles. The summed E-state index contributed by atoms with van der Waals surface area (Å²) in [6, 6.07) is 27.7. The second-order valence-electron chi connectivity index (χ2n) is 9.46. The molecule has 1 aliphatic rings. The number of hydrogen-bond acceptors (Lipinski definition) is 4. The fourth-order valence-electron chi connectivity index (χ4n) is 4.72. The van der Waals surface area contributed by atoms with E-state index in [1.165, 1.54) is 10.5 Å². The third-order valence-corrected chi connectivity index (χ3v) is 8.04. The molecule has 1 aromatic heterocycles. The van der Waals surface area contributed by atoms with Crippen molar-refractivity contribution in [3.05, 3.63) is 123 Å². The molecular weight excluding hydrogens is 528 g/mol. The van der Waals surface area contributed by atoms with Crippen molar-refractivity contribution >= 4 is 40.6 Å². The molecule has 0 unspecified atom stereocenters. The summed E-state index contributed by atoms with van der Waals surface area (Å²) in [5, 5.41) is 0.478. The van der Waals surface area contributed by atoms with E-state index in [0.717, 1.165) is 58.6 Å². The molecule has 0 bridgehead atoms. The fraction of sp³-hybridized carbons (Fsp3) is 0.188. The zero-order valence-electron chi connectivity index (χ0n) is 21.9. The summed E-state index contributed by atoms with van der Waals surface area (Å²) < 4.78 is 8.06. The molecule has 5 rings (SSSR count). The molecule has 5 nitrogen and oxygen atoms in total. The van der Waals surface area contributed by atoms with Crippen molar-refractivity contribution in [1.29, 1.82) is 0 Å². The molecule has 1 saturated heterocycles. The van der Waals surface area contributed by atoms with Gasteiger partial charge in [-0.2, -0.15) is 0 Å². The zero-order chi connectivity index (χ0) is 27.4. The number of imide groups is 1. The molecule has 1 aliphatic heterocycles. The molecule has 4 aromatic rings. The highest BCUT2D eigenvalue weighted by Crippen LogP contribution is 2.34. The summed E-state index contributed by atoms with van der Waals surface area (Å²) >= 11 is 7.24. The first-order valence-electron chi connectivity index (χ1n) is 12.9. The molecule has 0 radical (unpaired) electrons. The lowest BCUT2D eigenvalue weighted by molar-refractivity contribution is -0.122. The van der Waals surface area contributed by atoms with E-state index in [1.54, 1.807) is 0 Å². The van der Waals surface area contributed by atoms with Gasteiger partial charge in [0.05, 0.1) is 4.91 Å².